The Kier molecular flexibility index (Phi) is 5.39. The summed E-state index contributed by atoms with van der Waals surface area (Å²) in [7, 11) is 3.21. The average Bonchev–Trinajstić information content (AvgIpc) is 3.28. The fourth-order valence-corrected chi connectivity index (χ4v) is 3.48. The third-order valence-corrected chi connectivity index (χ3v) is 4.94. The molecule has 1 aliphatic rings. The first-order valence-electron chi connectivity index (χ1n) is 9.04. The van der Waals surface area contributed by atoms with Crippen molar-refractivity contribution < 1.29 is 19.1 Å². The number of carbonyl (C=O) groups excluding carboxylic acids is 3. The smallest absolute Gasteiger partial charge is 0.271 e. The normalized spacial score (nSPS) is 16.1. The van der Waals surface area contributed by atoms with Gasteiger partial charge in [0.15, 0.2) is 0 Å². The number of primary amides is 1. The van der Waals surface area contributed by atoms with E-state index in [4.69, 9.17) is 10.5 Å². The van der Waals surface area contributed by atoms with Gasteiger partial charge >= 0.3 is 0 Å². The third kappa shape index (κ3) is 3.71. The van der Waals surface area contributed by atoms with Crippen LogP contribution in [0.15, 0.2) is 30.5 Å². The predicted octanol–water partition coefficient (Wildman–Crippen LogP) is 1.68. The number of likely N-dealkylation sites (tertiary alicyclic amines) is 1. The molecule has 1 aromatic heterocycles. The van der Waals surface area contributed by atoms with E-state index < -0.39 is 11.9 Å². The number of aryl methyl sites for hydroxylation is 2. The Bertz CT molecular complexity index is 934. The van der Waals surface area contributed by atoms with Crippen molar-refractivity contribution >= 4 is 23.4 Å². The molecule has 8 heteroatoms. The Morgan fingerprint density at radius 3 is 2.64 bits per heavy atom. The third-order valence-electron chi connectivity index (χ3n) is 4.94. The second-order valence-corrected chi connectivity index (χ2v) is 6.94. The lowest BCUT2D eigenvalue weighted by molar-refractivity contribution is -0.119. The van der Waals surface area contributed by atoms with Crippen molar-refractivity contribution in [3.63, 3.8) is 0 Å². The maximum atomic E-state index is 13.0. The average molecular weight is 384 g/mol. The molecule has 148 valence electrons. The number of rotatable bonds is 5. The van der Waals surface area contributed by atoms with Gasteiger partial charge in [-0.2, -0.15) is 0 Å². The van der Waals surface area contributed by atoms with Crippen LogP contribution in [0.3, 0.4) is 0 Å². The number of anilines is 1. The van der Waals surface area contributed by atoms with E-state index in [1.165, 1.54) is 24.3 Å². The SMILES string of the molecule is COc1ccc(C)cc1NC(=O)[C@@H]1CCCN1C(=O)c1cc(C(N)=O)cn1C. The molecule has 3 rings (SSSR count). The maximum absolute atomic E-state index is 13.0. The number of nitrogens with one attached hydrogen (secondary N) is 1. The van der Waals surface area contributed by atoms with Gasteiger partial charge in [-0.05, 0) is 43.5 Å². The molecule has 0 saturated carbocycles. The van der Waals surface area contributed by atoms with Gasteiger partial charge in [0, 0.05) is 19.8 Å². The molecule has 3 N–H and O–H groups in total. The van der Waals surface area contributed by atoms with Crippen LogP contribution in [-0.2, 0) is 11.8 Å². The molecule has 0 unspecified atom stereocenters. The van der Waals surface area contributed by atoms with Crippen molar-refractivity contribution in [3.05, 3.63) is 47.3 Å². The summed E-state index contributed by atoms with van der Waals surface area (Å²) in [5.41, 5.74) is 7.43. The highest BCUT2D eigenvalue weighted by atomic mass is 16.5. The highest BCUT2D eigenvalue weighted by Gasteiger charge is 2.36. The van der Waals surface area contributed by atoms with E-state index in [1.54, 1.807) is 17.7 Å². The van der Waals surface area contributed by atoms with Crippen LogP contribution in [-0.4, -0.2) is 46.9 Å². The zero-order valence-corrected chi connectivity index (χ0v) is 16.2. The van der Waals surface area contributed by atoms with Gasteiger partial charge in [0.2, 0.25) is 11.8 Å². The molecule has 1 fully saturated rings. The van der Waals surface area contributed by atoms with E-state index in [0.29, 0.717) is 30.1 Å². The Hall–Kier alpha value is -3.29. The molecule has 3 amide bonds. The summed E-state index contributed by atoms with van der Waals surface area (Å²) in [6, 6.07) is 6.38. The second kappa shape index (κ2) is 7.75. The van der Waals surface area contributed by atoms with Crippen LogP contribution in [0.25, 0.3) is 0 Å². The van der Waals surface area contributed by atoms with Gasteiger partial charge in [-0.15, -0.1) is 0 Å². The van der Waals surface area contributed by atoms with Crippen LogP contribution < -0.4 is 15.8 Å². The van der Waals surface area contributed by atoms with Crippen molar-refractivity contribution in [2.45, 2.75) is 25.8 Å². The molecule has 1 saturated heterocycles. The molecular formula is C20H24N4O4. The van der Waals surface area contributed by atoms with Crippen LogP contribution in [0.2, 0.25) is 0 Å². The fourth-order valence-electron chi connectivity index (χ4n) is 3.48. The summed E-state index contributed by atoms with van der Waals surface area (Å²) < 4.78 is 6.86. The van der Waals surface area contributed by atoms with Gasteiger partial charge in [0.1, 0.15) is 17.5 Å². The summed E-state index contributed by atoms with van der Waals surface area (Å²) in [5.74, 6) is -0.608. The molecule has 1 aromatic carbocycles. The number of nitrogens with zero attached hydrogens (tertiary/aromatic N) is 2. The lowest BCUT2D eigenvalue weighted by Gasteiger charge is -2.24. The van der Waals surface area contributed by atoms with Crippen LogP contribution in [0.5, 0.6) is 5.75 Å². The standard InChI is InChI=1S/C20H24N4O4/c1-12-6-7-17(28-3)14(9-12)22-19(26)15-5-4-8-24(15)20(27)16-10-13(18(21)25)11-23(16)2/h6-7,9-11,15H,4-5,8H2,1-3H3,(H2,21,25)(H,22,26)/t15-/m0/s1. The Morgan fingerprint density at radius 2 is 2.00 bits per heavy atom. The van der Waals surface area contributed by atoms with Crippen molar-refractivity contribution in [2.75, 3.05) is 19.0 Å². The lowest BCUT2D eigenvalue weighted by Crippen LogP contribution is -2.43. The van der Waals surface area contributed by atoms with E-state index in [-0.39, 0.29) is 17.4 Å². The number of hydrogen-bond acceptors (Lipinski definition) is 4. The highest BCUT2D eigenvalue weighted by molar-refractivity contribution is 6.03. The largest absolute Gasteiger partial charge is 0.495 e. The van der Waals surface area contributed by atoms with E-state index in [9.17, 15) is 14.4 Å². The Balaban J connectivity index is 1.81. The predicted molar refractivity (Wildman–Crippen MR) is 104 cm³/mol. The van der Waals surface area contributed by atoms with Crippen molar-refractivity contribution in [2.24, 2.45) is 12.8 Å². The topological polar surface area (TPSA) is 107 Å². The van der Waals surface area contributed by atoms with Gasteiger partial charge < -0.3 is 25.3 Å². The van der Waals surface area contributed by atoms with Gasteiger partial charge in [-0.25, -0.2) is 0 Å². The summed E-state index contributed by atoms with van der Waals surface area (Å²) in [5, 5.41) is 2.88. The summed E-state index contributed by atoms with van der Waals surface area (Å²) in [6.07, 6.45) is 2.80. The minimum Gasteiger partial charge on any atom is -0.495 e. The minimum absolute atomic E-state index is 0.260. The number of hydrogen-bond donors (Lipinski definition) is 2. The lowest BCUT2D eigenvalue weighted by atomic mass is 10.1. The first kappa shape index (κ1) is 19.5. The highest BCUT2D eigenvalue weighted by Crippen LogP contribution is 2.27. The molecule has 1 aliphatic heterocycles. The Labute approximate surface area is 163 Å². The monoisotopic (exact) mass is 384 g/mol. The first-order chi connectivity index (χ1) is 13.3. The Morgan fingerprint density at radius 1 is 1.25 bits per heavy atom. The van der Waals surface area contributed by atoms with E-state index >= 15 is 0 Å². The molecular weight excluding hydrogens is 360 g/mol. The number of amides is 3. The van der Waals surface area contributed by atoms with E-state index in [0.717, 1.165) is 12.0 Å². The van der Waals surface area contributed by atoms with Crippen molar-refractivity contribution in [3.8, 4) is 5.75 Å². The van der Waals surface area contributed by atoms with Crippen LogP contribution in [0.1, 0.15) is 39.3 Å². The van der Waals surface area contributed by atoms with Crippen molar-refractivity contribution in [1.82, 2.24) is 9.47 Å². The number of benzene rings is 1. The zero-order chi connectivity index (χ0) is 20.4. The maximum Gasteiger partial charge on any atom is 0.271 e. The molecule has 0 bridgehead atoms. The molecule has 28 heavy (non-hydrogen) atoms. The molecule has 1 atom stereocenters. The number of ether oxygens (including phenoxy) is 1. The van der Waals surface area contributed by atoms with Gasteiger partial charge in [0.25, 0.3) is 5.91 Å². The zero-order valence-electron chi connectivity index (χ0n) is 16.2. The number of nitrogens with two attached hydrogens (primary N) is 1. The second-order valence-electron chi connectivity index (χ2n) is 6.94. The van der Waals surface area contributed by atoms with Crippen LogP contribution in [0.4, 0.5) is 5.69 Å². The quantitative estimate of drug-likeness (QED) is 0.818. The molecule has 8 nitrogen and oxygen atoms in total. The van der Waals surface area contributed by atoms with Crippen LogP contribution in [0, 0.1) is 6.92 Å². The molecule has 2 aromatic rings. The van der Waals surface area contributed by atoms with Gasteiger partial charge in [-0.1, -0.05) is 6.07 Å². The first-order valence-corrected chi connectivity index (χ1v) is 9.04. The van der Waals surface area contributed by atoms with Crippen LogP contribution >= 0.6 is 0 Å². The summed E-state index contributed by atoms with van der Waals surface area (Å²) in [6.45, 7) is 2.39. The molecule has 0 spiro atoms. The number of carbonyl (C=O) groups is 3. The minimum atomic E-state index is -0.600. The van der Waals surface area contributed by atoms with E-state index in [1.807, 2.05) is 19.1 Å². The molecule has 0 aliphatic carbocycles. The van der Waals surface area contributed by atoms with Crippen molar-refractivity contribution in [1.29, 1.82) is 0 Å². The van der Waals surface area contributed by atoms with E-state index in [2.05, 4.69) is 5.32 Å². The summed E-state index contributed by atoms with van der Waals surface area (Å²) in [4.78, 5) is 38.8. The number of methoxy groups -OCH3 is 1. The molecule has 2 heterocycles. The molecule has 0 radical (unpaired) electrons. The van der Waals surface area contributed by atoms with Gasteiger partial charge in [-0.3, -0.25) is 14.4 Å². The number of aromatic nitrogens is 1. The summed E-state index contributed by atoms with van der Waals surface area (Å²) >= 11 is 0. The van der Waals surface area contributed by atoms with Gasteiger partial charge in [0.05, 0.1) is 18.4 Å². The fraction of sp³-hybridized carbons (Fsp3) is 0.350.